The zero-order valence-corrected chi connectivity index (χ0v) is 12.6. The highest BCUT2D eigenvalue weighted by Crippen LogP contribution is 2.29. The molecule has 1 atom stereocenters. The molecule has 0 aliphatic rings. The van der Waals surface area contributed by atoms with Crippen molar-refractivity contribution in [2.45, 2.75) is 19.4 Å². The molecule has 21 heavy (non-hydrogen) atoms. The van der Waals surface area contributed by atoms with Gasteiger partial charge in [0.1, 0.15) is 0 Å². The quantitative estimate of drug-likeness (QED) is 0.563. The predicted octanol–water partition coefficient (Wildman–Crippen LogP) is 1.74. The van der Waals surface area contributed by atoms with E-state index in [0.29, 0.717) is 6.54 Å². The zero-order chi connectivity index (χ0) is 15.8. The van der Waals surface area contributed by atoms with E-state index in [1.807, 2.05) is 6.92 Å². The molecule has 0 aliphatic heterocycles. The molecule has 0 saturated carbocycles. The fraction of sp³-hybridized carbons (Fsp3) is 0.462. The van der Waals surface area contributed by atoms with Crippen LogP contribution in [0, 0.1) is 10.1 Å². The molecule has 2 N–H and O–H groups in total. The first kappa shape index (κ1) is 17.2. The first-order valence-corrected chi connectivity index (χ1v) is 6.82. The Bertz CT molecular complexity index is 510. The molecule has 8 heteroatoms. The minimum Gasteiger partial charge on any atom is -0.486 e. The number of carbonyl (C=O) groups excluding carboxylic acids is 1. The zero-order valence-electron chi connectivity index (χ0n) is 11.9. The molecular weight excluding hydrogens is 298 g/mol. The summed E-state index contributed by atoms with van der Waals surface area (Å²) in [6.45, 7) is 2.51. The third-order valence-electron chi connectivity index (χ3n) is 2.80. The monoisotopic (exact) mass is 315 g/mol. The largest absolute Gasteiger partial charge is 0.486 e. The maximum atomic E-state index is 11.6. The van der Waals surface area contributed by atoms with E-state index in [2.05, 4.69) is 10.6 Å². The molecule has 7 nitrogen and oxygen atoms in total. The fourth-order valence-electron chi connectivity index (χ4n) is 1.47. The van der Waals surface area contributed by atoms with Crippen molar-refractivity contribution in [1.29, 1.82) is 0 Å². The summed E-state index contributed by atoms with van der Waals surface area (Å²) in [6.07, 6.45) is 0.121. The van der Waals surface area contributed by atoms with Crippen LogP contribution in [0.4, 0.5) is 5.69 Å². The number of hydrogen-bond acceptors (Lipinski definition) is 5. The lowest BCUT2D eigenvalue weighted by Crippen LogP contribution is -2.37. The van der Waals surface area contributed by atoms with Crippen molar-refractivity contribution in [2.75, 3.05) is 20.2 Å². The van der Waals surface area contributed by atoms with Gasteiger partial charge in [-0.1, -0.05) is 11.6 Å². The molecule has 0 heterocycles. The molecule has 116 valence electrons. The van der Waals surface area contributed by atoms with Crippen LogP contribution in [0.2, 0.25) is 5.02 Å². The predicted molar refractivity (Wildman–Crippen MR) is 79.7 cm³/mol. The van der Waals surface area contributed by atoms with E-state index >= 15 is 0 Å². The van der Waals surface area contributed by atoms with Gasteiger partial charge < -0.3 is 15.4 Å². The standard InChI is InChI=1S/C13H18ClN3O4/c1-9(15-2)8-16-13(18)5-6-21-12-4-3-10(14)7-11(12)17(19)20/h3-4,7,9,15H,5-6,8H2,1-2H3,(H,16,18). The number of amides is 1. The van der Waals surface area contributed by atoms with Gasteiger partial charge in [0.2, 0.25) is 5.91 Å². The minimum atomic E-state index is -0.574. The first-order chi connectivity index (χ1) is 9.93. The van der Waals surface area contributed by atoms with Crippen LogP contribution < -0.4 is 15.4 Å². The van der Waals surface area contributed by atoms with Gasteiger partial charge in [0.15, 0.2) is 5.75 Å². The number of hydrogen-bond donors (Lipinski definition) is 2. The molecule has 0 bridgehead atoms. The third kappa shape index (κ3) is 5.97. The van der Waals surface area contributed by atoms with Crippen molar-refractivity contribution >= 4 is 23.2 Å². The van der Waals surface area contributed by atoms with E-state index in [9.17, 15) is 14.9 Å². The fourth-order valence-corrected chi connectivity index (χ4v) is 1.63. The molecule has 0 aromatic heterocycles. The average Bonchev–Trinajstić information content (AvgIpc) is 2.45. The third-order valence-corrected chi connectivity index (χ3v) is 3.04. The first-order valence-electron chi connectivity index (χ1n) is 6.44. The summed E-state index contributed by atoms with van der Waals surface area (Å²) in [5.41, 5.74) is -0.216. The number of likely N-dealkylation sites (N-methyl/N-ethyl adjacent to an activating group) is 1. The number of nitrogens with one attached hydrogen (secondary N) is 2. The normalized spacial score (nSPS) is 11.8. The highest BCUT2D eigenvalue weighted by molar-refractivity contribution is 6.30. The summed E-state index contributed by atoms with van der Waals surface area (Å²) in [7, 11) is 1.81. The number of carbonyl (C=O) groups is 1. The van der Waals surface area contributed by atoms with E-state index in [0.717, 1.165) is 0 Å². The lowest BCUT2D eigenvalue weighted by Gasteiger charge is -2.11. The molecule has 1 unspecified atom stereocenters. The summed E-state index contributed by atoms with van der Waals surface area (Å²) in [4.78, 5) is 21.8. The van der Waals surface area contributed by atoms with Crippen molar-refractivity contribution < 1.29 is 14.5 Å². The maximum Gasteiger partial charge on any atom is 0.312 e. The molecule has 0 fully saturated rings. The van der Waals surface area contributed by atoms with Gasteiger partial charge >= 0.3 is 5.69 Å². The molecule has 0 saturated heterocycles. The van der Waals surface area contributed by atoms with Gasteiger partial charge in [0.25, 0.3) is 0 Å². The van der Waals surface area contributed by atoms with Gasteiger partial charge in [0.05, 0.1) is 18.0 Å². The van der Waals surface area contributed by atoms with Crippen LogP contribution in [-0.4, -0.2) is 37.1 Å². The van der Waals surface area contributed by atoms with Crippen molar-refractivity contribution in [3.05, 3.63) is 33.3 Å². The van der Waals surface area contributed by atoms with Crippen molar-refractivity contribution in [3.8, 4) is 5.75 Å². The van der Waals surface area contributed by atoms with Crippen LogP contribution in [0.15, 0.2) is 18.2 Å². The van der Waals surface area contributed by atoms with E-state index in [-0.39, 0.29) is 41.4 Å². The lowest BCUT2D eigenvalue weighted by molar-refractivity contribution is -0.385. The Hall–Kier alpha value is -1.86. The van der Waals surface area contributed by atoms with Crippen LogP contribution >= 0.6 is 11.6 Å². The van der Waals surface area contributed by atoms with Crippen molar-refractivity contribution in [3.63, 3.8) is 0 Å². The van der Waals surface area contributed by atoms with E-state index < -0.39 is 4.92 Å². The Labute approximate surface area is 127 Å². The molecule has 1 amide bonds. The van der Waals surface area contributed by atoms with E-state index in [4.69, 9.17) is 16.3 Å². The Morgan fingerprint density at radius 1 is 1.52 bits per heavy atom. The smallest absolute Gasteiger partial charge is 0.312 e. The molecular formula is C13H18ClN3O4. The Morgan fingerprint density at radius 2 is 2.24 bits per heavy atom. The van der Waals surface area contributed by atoms with Crippen molar-refractivity contribution in [1.82, 2.24) is 10.6 Å². The number of halogens is 1. The van der Waals surface area contributed by atoms with Gasteiger partial charge in [-0.3, -0.25) is 14.9 Å². The average molecular weight is 316 g/mol. The summed E-state index contributed by atoms with van der Waals surface area (Å²) in [5.74, 6) is -0.0745. The summed E-state index contributed by atoms with van der Waals surface area (Å²) < 4.78 is 5.28. The second-order valence-electron chi connectivity index (χ2n) is 4.46. The second kappa shape index (κ2) is 8.43. The van der Waals surface area contributed by atoms with Crippen LogP contribution in [-0.2, 0) is 4.79 Å². The molecule has 1 aromatic carbocycles. The van der Waals surface area contributed by atoms with Gasteiger partial charge in [-0.25, -0.2) is 0 Å². The lowest BCUT2D eigenvalue weighted by atomic mass is 10.3. The minimum absolute atomic E-state index is 0.0578. The molecule has 0 radical (unpaired) electrons. The van der Waals surface area contributed by atoms with Crippen LogP contribution in [0.25, 0.3) is 0 Å². The maximum absolute atomic E-state index is 11.6. The van der Waals surface area contributed by atoms with Gasteiger partial charge in [0, 0.05) is 23.7 Å². The molecule has 1 aromatic rings. The summed E-state index contributed by atoms with van der Waals surface area (Å²) in [6, 6.07) is 4.30. The number of nitrogens with zero attached hydrogens (tertiary/aromatic N) is 1. The van der Waals surface area contributed by atoms with E-state index in [1.54, 1.807) is 7.05 Å². The van der Waals surface area contributed by atoms with Crippen LogP contribution in [0.3, 0.4) is 0 Å². The van der Waals surface area contributed by atoms with E-state index in [1.165, 1.54) is 18.2 Å². The number of benzene rings is 1. The van der Waals surface area contributed by atoms with Crippen molar-refractivity contribution in [2.24, 2.45) is 0 Å². The number of nitro benzene ring substituents is 1. The Kier molecular flexibility index (Phi) is 6.90. The SMILES string of the molecule is CNC(C)CNC(=O)CCOc1ccc(Cl)cc1[N+](=O)[O-]. The Balaban J connectivity index is 2.46. The number of ether oxygens (including phenoxy) is 1. The molecule has 0 spiro atoms. The topological polar surface area (TPSA) is 93.5 Å². The second-order valence-corrected chi connectivity index (χ2v) is 4.90. The van der Waals surface area contributed by atoms with Crippen LogP contribution in [0.1, 0.15) is 13.3 Å². The molecule has 1 rings (SSSR count). The van der Waals surface area contributed by atoms with Gasteiger partial charge in [-0.2, -0.15) is 0 Å². The highest BCUT2D eigenvalue weighted by Gasteiger charge is 2.16. The molecule has 0 aliphatic carbocycles. The highest BCUT2D eigenvalue weighted by atomic mass is 35.5. The van der Waals surface area contributed by atoms with Gasteiger partial charge in [-0.05, 0) is 26.1 Å². The van der Waals surface area contributed by atoms with Gasteiger partial charge in [-0.15, -0.1) is 0 Å². The summed E-state index contributed by atoms with van der Waals surface area (Å²) >= 11 is 5.70. The Morgan fingerprint density at radius 3 is 2.86 bits per heavy atom. The number of nitro groups is 1. The summed E-state index contributed by atoms with van der Waals surface area (Å²) in [5, 5.41) is 16.8. The number of rotatable bonds is 8. The van der Waals surface area contributed by atoms with Crippen LogP contribution in [0.5, 0.6) is 5.75 Å².